The maximum atomic E-state index is 11.9. The molecule has 0 spiro atoms. The van der Waals surface area contributed by atoms with Crippen LogP contribution in [0.2, 0.25) is 0 Å². The van der Waals surface area contributed by atoms with Crippen molar-refractivity contribution >= 4 is 9.84 Å². The monoisotopic (exact) mass is 289 g/mol. The van der Waals surface area contributed by atoms with Crippen LogP contribution in [0.3, 0.4) is 0 Å². The first-order valence-electron chi connectivity index (χ1n) is 7.78. The van der Waals surface area contributed by atoms with E-state index >= 15 is 0 Å². The molecule has 0 radical (unpaired) electrons. The lowest BCUT2D eigenvalue weighted by molar-refractivity contribution is 0.220. The number of hydrogen-bond acceptors (Lipinski definition) is 3. The Morgan fingerprint density at radius 1 is 1.05 bits per heavy atom. The van der Waals surface area contributed by atoms with Gasteiger partial charge in [-0.2, -0.15) is 0 Å². The van der Waals surface area contributed by atoms with Gasteiger partial charge in [0.05, 0.1) is 11.0 Å². The summed E-state index contributed by atoms with van der Waals surface area (Å²) in [4.78, 5) is 0. The minimum absolute atomic E-state index is 0.233. The molecule has 2 unspecified atom stereocenters. The van der Waals surface area contributed by atoms with E-state index in [9.17, 15) is 8.42 Å². The lowest BCUT2D eigenvalue weighted by Gasteiger charge is -2.32. The van der Waals surface area contributed by atoms with E-state index in [1.54, 1.807) is 13.8 Å². The minimum Gasteiger partial charge on any atom is -0.314 e. The van der Waals surface area contributed by atoms with Gasteiger partial charge in [-0.1, -0.05) is 33.1 Å². The van der Waals surface area contributed by atoms with Gasteiger partial charge in [-0.3, -0.25) is 0 Å². The molecule has 3 nitrogen and oxygen atoms in total. The predicted molar refractivity (Wildman–Crippen MR) is 82.1 cm³/mol. The van der Waals surface area contributed by atoms with E-state index in [1.807, 2.05) is 0 Å². The Hall–Kier alpha value is -0.0900. The molecule has 2 atom stereocenters. The topological polar surface area (TPSA) is 46.2 Å². The Morgan fingerprint density at radius 3 is 2.16 bits per heavy atom. The van der Waals surface area contributed by atoms with Crippen LogP contribution in [0.4, 0.5) is 0 Å². The summed E-state index contributed by atoms with van der Waals surface area (Å²) in [7, 11) is -2.87. The van der Waals surface area contributed by atoms with E-state index in [2.05, 4.69) is 19.2 Å². The van der Waals surface area contributed by atoms with Gasteiger partial charge in [0.25, 0.3) is 0 Å². The molecule has 0 aromatic heterocycles. The molecule has 1 aliphatic rings. The van der Waals surface area contributed by atoms with Crippen LogP contribution in [0, 0.1) is 11.8 Å². The van der Waals surface area contributed by atoms with Gasteiger partial charge in [0.1, 0.15) is 0 Å². The molecule has 1 aliphatic carbocycles. The summed E-state index contributed by atoms with van der Waals surface area (Å²) >= 11 is 0. The summed E-state index contributed by atoms with van der Waals surface area (Å²) in [6.07, 6.45) is 5.89. The van der Waals surface area contributed by atoms with E-state index < -0.39 is 9.84 Å². The zero-order valence-electron chi connectivity index (χ0n) is 13.0. The first-order valence-corrected chi connectivity index (χ1v) is 9.49. The summed E-state index contributed by atoms with van der Waals surface area (Å²) < 4.78 is 23.9. The molecule has 0 aromatic carbocycles. The lowest BCUT2D eigenvalue weighted by atomic mass is 9.78. The average molecular weight is 289 g/mol. The van der Waals surface area contributed by atoms with Gasteiger partial charge in [0.2, 0.25) is 0 Å². The van der Waals surface area contributed by atoms with Crippen LogP contribution in [-0.4, -0.2) is 32.0 Å². The number of hydrogen-bond donors (Lipinski definition) is 1. The highest BCUT2D eigenvalue weighted by molar-refractivity contribution is 7.91. The summed E-state index contributed by atoms with van der Waals surface area (Å²) in [5.74, 6) is 1.63. The fourth-order valence-corrected chi connectivity index (χ4v) is 3.97. The summed E-state index contributed by atoms with van der Waals surface area (Å²) in [5.41, 5.74) is 0. The molecule has 1 N–H and O–H groups in total. The van der Waals surface area contributed by atoms with Crippen molar-refractivity contribution < 1.29 is 8.42 Å². The second-order valence-corrected chi connectivity index (χ2v) is 9.25. The van der Waals surface area contributed by atoms with Gasteiger partial charge in [-0.15, -0.1) is 0 Å². The minimum atomic E-state index is -2.87. The number of nitrogens with one attached hydrogen (secondary N) is 1. The maximum Gasteiger partial charge on any atom is 0.152 e. The van der Waals surface area contributed by atoms with Gasteiger partial charge < -0.3 is 5.32 Å². The fourth-order valence-electron chi connectivity index (χ4n) is 2.87. The van der Waals surface area contributed by atoms with Gasteiger partial charge >= 0.3 is 0 Å². The highest BCUT2D eigenvalue weighted by Gasteiger charge is 2.27. The van der Waals surface area contributed by atoms with E-state index in [0.29, 0.717) is 23.6 Å². The molecule has 0 heterocycles. The van der Waals surface area contributed by atoms with Gasteiger partial charge in [0, 0.05) is 6.04 Å². The van der Waals surface area contributed by atoms with Gasteiger partial charge in [0.15, 0.2) is 9.84 Å². The van der Waals surface area contributed by atoms with Crippen LogP contribution >= 0.6 is 0 Å². The molecule has 0 aliphatic heterocycles. The van der Waals surface area contributed by atoms with E-state index in [0.717, 1.165) is 13.0 Å². The average Bonchev–Trinajstić information content (AvgIpc) is 2.34. The van der Waals surface area contributed by atoms with Crippen molar-refractivity contribution in [2.24, 2.45) is 11.8 Å². The third-order valence-corrected chi connectivity index (χ3v) is 6.59. The first kappa shape index (κ1) is 17.0. The molecule has 0 bridgehead atoms. The van der Waals surface area contributed by atoms with Crippen molar-refractivity contribution in [3.05, 3.63) is 0 Å². The smallest absolute Gasteiger partial charge is 0.152 e. The van der Waals surface area contributed by atoms with Crippen LogP contribution in [0.15, 0.2) is 0 Å². The van der Waals surface area contributed by atoms with Crippen molar-refractivity contribution in [3.63, 3.8) is 0 Å². The van der Waals surface area contributed by atoms with Crippen LogP contribution in [0.1, 0.15) is 59.8 Å². The molecule has 0 saturated heterocycles. The normalized spacial score (nSPS) is 25.2. The van der Waals surface area contributed by atoms with Crippen molar-refractivity contribution in [1.29, 1.82) is 0 Å². The van der Waals surface area contributed by atoms with Crippen LogP contribution in [0.25, 0.3) is 0 Å². The van der Waals surface area contributed by atoms with Crippen molar-refractivity contribution in [3.8, 4) is 0 Å². The molecule has 1 saturated carbocycles. The Labute approximate surface area is 119 Å². The molecule has 4 heteroatoms. The largest absolute Gasteiger partial charge is 0.314 e. The van der Waals surface area contributed by atoms with Crippen LogP contribution in [-0.2, 0) is 9.84 Å². The Kier molecular flexibility index (Phi) is 6.81. The quantitative estimate of drug-likeness (QED) is 0.783. The predicted octanol–water partition coefficient (Wildman–Crippen LogP) is 3.00. The Balaban J connectivity index is 2.48. The third-order valence-electron chi connectivity index (χ3n) is 4.35. The Morgan fingerprint density at radius 2 is 1.63 bits per heavy atom. The highest BCUT2D eigenvalue weighted by atomic mass is 32.2. The van der Waals surface area contributed by atoms with E-state index in [1.165, 1.54) is 25.7 Å². The van der Waals surface area contributed by atoms with Crippen molar-refractivity contribution in [1.82, 2.24) is 5.32 Å². The maximum absolute atomic E-state index is 11.9. The lowest BCUT2D eigenvalue weighted by Crippen LogP contribution is -2.35. The zero-order chi connectivity index (χ0) is 14.5. The summed E-state index contributed by atoms with van der Waals surface area (Å²) in [6, 6.07) is 0.516. The molecule has 0 aromatic rings. The highest BCUT2D eigenvalue weighted by Crippen LogP contribution is 2.32. The van der Waals surface area contributed by atoms with Crippen molar-refractivity contribution in [2.45, 2.75) is 71.1 Å². The zero-order valence-corrected chi connectivity index (χ0v) is 13.8. The SMILES string of the molecule is CC(C)NCC1CCCCC1CCS(=O)(=O)C(C)C. The Bertz CT molecular complexity index is 349. The second-order valence-electron chi connectivity index (χ2n) is 6.57. The summed E-state index contributed by atoms with van der Waals surface area (Å²) in [5, 5.41) is 3.28. The molecule has 1 fully saturated rings. The number of sulfone groups is 1. The first-order chi connectivity index (χ1) is 8.83. The second kappa shape index (κ2) is 7.63. The third kappa shape index (κ3) is 5.82. The van der Waals surface area contributed by atoms with Crippen LogP contribution in [0.5, 0.6) is 0 Å². The molecule has 114 valence electrons. The van der Waals surface area contributed by atoms with Crippen molar-refractivity contribution in [2.75, 3.05) is 12.3 Å². The van der Waals surface area contributed by atoms with Gasteiger partial charge in [-0.25, -0.2) is 8.42 Å². The molecule has 1 rings (SSSR count). The fraction of sp³-hybridized carbons (Fsp3) is 1.00. The van der Waals surface area contributed by atoms with Gasteiger partial charge in [-0.05, 0) is 45.1 Å². The molecular weight excluding hydrogens is 258 g/mol. The number of rotatable bonds is 7. The van der Waals surface area contributed by atoms with Crippen LogP contribution < -0.4 is 5.32 Å². The van der Waals surface area contributed by atoms with E-state index in [-0.39, 0.29) is 5.25 Å². The van der Waals surface area contributed by atoms with E-state index in [4.69, 9.17) is 0 Å². The standard InChI is InChI=1S/C15H31NO2S/c1-12(2)16-11-15-8-6-5-7-14(15)9-10-19(17,18)13(3)4/h12-16H,5-11H2,1-4H3. The summed E-state index contributed by atoms with van der Waals surface area (Å²) in [6.45, 7) is 8.95. The molecule has 0 amide bonds. The molecule has 19 heavy (non-hydrogen) atoms. The molecular formula is C15H31NO2S.